The molecule has 0 saturated carbocycles. The van der Waals surface area contributed by atoms with Crippen LogP contribution in [0.1, 0.15) is 137 Å². The number of thiophene rings is 1. The predicted octanol–water partition coefficient (Wildman–Crippen LogP) is 11.4. The van der Waals surface area contributed by atoms with Crippen molar-refractivity contribution >= 4 is 23.3 Å². The van der Waals surface area contributed by atoms with Crippen molar-refractivity contribution in [2.45, 2.75) is 123 Å². The van der Waals surface area contributed by atoms with E-state index in [1.54, 1.807) is 30.3 Å². The molecule has 3 rings (SSSR count). The first-order chi connectivity index (χ1) is 21.5. The second-order valence-electron chi connectivity index (χ2n) is 11.7. The molecular weight excluding hydrogens is 568 g/mol. The average molecular weight is 621 g/mol. The van der Waals surface area contributed by atoms with Gasteiger partial charge in [0.15, 0.2) is 0 Å². The number of ether oxygens (including phenoxy) is 3. The van der Waals surface area contributed by atoms with Crippen LogP contribution in [0.3, 0.4) is 0 Å². The number of hydrogen-bond acceptors (Lipinski definition) is 6. The van der Waals surface area contributed by atoms with Crippen molar-refractivity contribution in [2.24, 2.45) is 0 Å². The van der Waals surface area contributed by atoms with Crippen molar-refractivity contribution in [1.82, 2.24) is 0 Å². The number of hydrogen-bond donors (Lipinski definition) is 0. The van der Waals surface area contributed by atoms with Crippen molar-refractivity contribution in [1.29, 1.82) is 0 Å². The van der Waals surface area contributed by atoms with E-state index in [4.69, 9.17) is 14.2 Å². The van der Waals surface area contributed by atoms with Crippen molar-refractivity contribution in [2.75, 3.05) is 6.61 Å². The normalized spacial score (nSPS) is 11.7. The van der Waals surface area contributed by atoms with E-state index in [1.165, 1.54) is 82.0 Å². The molecule has 240 valence electrons. The number of rotatable bonds is 22. The van der Waals surface area contributed by atoms with Crippen LogP contribution < -0.4 is 9.47 Å². The van der Waals surface area contributed by atoms with Crippen LogP contribution >= 0.6 is 11.3 Å². The summed E-state index contributed by atoms with van der Waals surface area (Å²) in [5.41, 5.74) is 1.47. The molecule has 0 N–H and O–H groups in total. The van der Waals surface area contributed by atoms with E-state index in [9.17, 15) is 9.59 Å². The minimum absolute atomic E-state index is 0.122. The Labute approximate surface area is 269 Å². The molecule has 0 amide bonds. The first-order valence-corrected chi connectivity index (χ1v) is 17.7. The van der Waals surface area contributed by atoms with Crippen molar-refractivity contribution in [3.63, 3.8) is 0 Å². The average Bonchev–Trinajstić information content (AvgIpc) is 3.53. The second-order valence-corrected chi connectivity index (χ2v) is 12.8. The maximum absolute atomic E-state index is 12.8. The number of carbonyl (C=O) groups excluding carboxylic acids is 2. The smallest absolute Gasteiger partial charge is 0.353 e. The van der Waals surface area contributed by atoms with Gasteiger partial charge >= 0.3 is 11.9 Å². The monoisotopic (exact) mass is 620 g/mol. The summed E-state index contributed by atoms with van der Waals surface area (Å²) in [6, 6.07) is 18.3. The van der Waals surface area contributed by atoms with Crippen molar-refractivity contribution < 1.29 is 23.8 Å². The van der Waals surface area contributed by atoms with Gasteiger partial charge in [0.25, 0.3) is 0 Å². The molecule has 6 heteroatoms. The maximum atomic E-state index is 12.8. The molecule has 0 saturated heterocycles. The highest BCUT2D eigenvalue weighted by molar-refractivity contribution is 7.17. The molecule has 0 aliphatic heterocycles. The number of benzene rings is 2. The van der Waals surface area contributed by atoms with Crippen LogP contribution in [-0.4, -0.2) is 24.6 Å². The van der Waals surface area contributed by atoms with Gasteiger partial charge < -0.3 is 14.2 Å². The van der Waals surface area contributed by atoms with Crippen LogP contribution in [0.2, 0.25) is 0 Å². The number of esters is 2. The Morgan fingerprint density at radius 3 is 1.84 bits per heavy atom. The lowest BCUT2D eigenvalue weighted by Crippen LogP contribution is -2.15. The van der Waals surface area contributed by atoms with Crippen LogP contribution in [-0.2, 0) is 4.74 Å². The maximum Gasteiger partial charge on any atom is 0.353 e. The summed E-state index contributed by atoms with van der Waals surface area (Å²) in [5.74, 6) is 0.477. The van der Waals surface area contributed by atoms with Crippen LogP contribution in [0, 0.1) is 0 Å². The third-order valence-corrected chi connectivity index (χ3v) is 8.90. The minimum Gasteiger partial charge on any atom is -0.494 e. The molecule has 0 spiro atoms. The molecule has 0 aliphatic rings. The van der Waals surface area contributed by atoms with E-state index >= 15 is 0 Å². The zero-order chi connectivity index (χ0) is 31.4. The summed E-state index contributed by atoms with van der Waals surface area (Å²) in [5, 5.41) is 0. The lowest BCUT2D eigenvalue weighted by molar-refractivity contribution is 0.0319. The van der Waals surface area contributed by atoms with E-state index in [0.29, 0.717) is 16.2 Å². The Morgan fingerprint density at radius 1 is 0.636 bits per heavy atom. The summed E-state index contributed by atoms with van der Waals surface area (Å²) in [7, 11) is 0. The molecule has 5 nitrogen and oxygen atoms in total. The van der Waals surface area contributed by atoms with Gasteiger partial charge in [-0.1, -0.05) is 90.9 Å². The molecule has 0 fully saturated rings. The molecule has 44 heavy (non-hydrogen) atoms. The summed E-state index contributed by atoms with van der Waals surface area (Å²) in [4.78, 5) is 26.7. The first kappa shape index (κ1) is 35.4. The summed E-state index contributed by atoms with van der Waals surface area (Å²) in [6.45, 7) is 7.11. The standard InChI is InChI=1S/C38H52O5S/c1-4-6-8-10-11-12-13-14-15-17-29-41-33-23-19-31(20-24-33)35-27-28-36(44-35)38(40)43-34-25-21-32(22-26-34)37(39)42-30(3)18-16-9-7-5-2/h19-28,30H,4-18,29H2,1-3H3/t30-/m0/s1. The fourth-order valence-corrected chi connectivity index (χ4v) is 5.97. The fourth-order valence-electron chi connectivity index (χ4n) is 5.08. The second kappa shape index (κ2) is 20.8. The largest absolute Gasteiger partial charge is 0.494 e. The van der Waals surface area contributed by atoms with E-state index in [0.717, 1.165) is 48.5 Å². The van der Waals surface area contributed by atoms with E-state index in [-0.39, 0.29) is 12.1 Å². The van der Waals surface area contributed by atoms with E-state index < -0.39 is 5.97 Å². The van der Waals surface area contributed by atoms with Gasteiger partial charge in [-0.25, -0.2) is 9.59 Å². The van der Waals surface area contributed by atoms with Gasteiger partial charge in [-0.15, -0.1) is 11.3 Å². The SMILES string of the molecule is CCCCCCCCCCCCOc1ccc(-c2ccc(C(=O)Oc3ccc(C(=O)O[C@@H](C)CCCCCC)cc3)s2)cc1. The third kappa shape index (κ3) is 13.3. The Hall–Kier alpha value is -3.12. The van der Waals surface area contributed by atoms with Gasteiger partial charge in [0, 0.05) is 4.88 Å². The fraction of sp³-hybridized carbons (Fsp3) is 0.526. The highest BCUT2D eigenvalue weighted by Gasteiger charge is 2.15. The quantitative estimate of drug-likeness (QED) is 0.0635. The Balaban J connectivity index is 1.37. The van der Waals surface area contributed by atoms with Gasteiger partial charge in [0.2, 0.25) is 0 Å². The molecule has 0 aliphatic carbocycles. The van der Waals surface area contributed by atoms with Gasteiger partial charge in [-0.3, -0.25) is 0 Å². The molecule has 1 heterocycles. The zero-order valence-electron chi connectivity index (χ0n) is 27.1. The molecule has 3 aromatic rings. The van der Waals surface area contributed by atoms with Crippen LogP contribution in [0.5, 0.6) is 11.5 Å². The lowest BCUT2D eigenvalue weighted by Gasteiger charge is -2.13. The van der Waals surface area contributed by atoms with E-state index in [2.05, 4.69) is 13.8 Å². The third-order valence-electron chi connectivity index (χ3n) is 7.79. The molecule has 0 unspecified atom stereocenters. The number of unbranched alkanes of at least 4 members (excludes halogenated alkanes) is 12. The first-order valence-electron chi connectivity index (χ1n) is 16.9. The Morgan fingerprint density at radius 2 is 1.20 bits per heavy atom. The highest BCUT2D eigenvalue weighted by Crippen LogP contribution is 2.30. The molecule has 0 bridgehead atoms. The highest BCUT2D eigenvalue weighted by atomic mass is 32.1. The predicted molar refractivity (Wildman–Crippen MR) is 182 cm³/mol. The van der Waals surface area contributed by atoms with Gasteiger partial charge in [0.05, 0.1) is 18.3 Å². The molecule has 1 aromatic heterocycles. The summed E-state index contributed by atoms with van der Waals surface area (Å²) in [6.07, 6.45) is 18.5. The van der Waals surface area contributed by atoms with Crippen molar-refractivity contribution in [3.05, 3.63) is 71.1 Å². The topological polar surface area (TPSA) is 61.8 Å². The van der Waals surface area contributed by atoms with Gasteiger partial charge in [-0.05, 0) is 92.4 Å². The Bertz CT molecular complexity index is 1210. The van der Waals surface area contributed by atoms with Gasteiger partial charge in [-0.2, -0.15) is 0 Å². The van der Waals surface area contributed by atoms with Crippen LogP contribution in [0.25, 0.3) is 10.4 Å². The van der Waals surface area contributed by atoms with E-state index in [1.807, 2.05) is 37.3 Å². The van der Waals surface area contributed by atoms with Crippen LogP contribution in [0.4, 0.5) is 0 Å². The minimum atomic E-state index is -0.422. The summed E-state index contributed by atoms with van der Waals surface area (Å²) < 4.78 is 17.1. The molecule has 0 radical (unpaired) electrons. The number of carbonyl (C=O) groups is 2. The zero-order valence-corrected chi connectivity index (χ0v) is 27.9. The van der Waals surface area contributed by atoms with Crippen molar-refractivity contribution in [3.8, 4) is 21.9 Å². The molecule has 2 aromatic carbocycles. The van der Waals surface area contributed by atoms with Gasteiger partial charge in [0.1, 0.15) is 16.4 Å². The summed E-state index contributed by atoms with van der Waals surface area (Å²) >= 11 is 1.39. The molecule has 1 atom stereocenters. The van der Waals surface area contributed by atoms with Crippen LogP contribution in [0.15, 0.2) is 60.7 Å². The Kier molecular flexibility index (Phi) is 16.7. The lowest BCUT2D eigenvalue weighted by atomic mass is 10.1. The molecular formula is C38H52O5S.